The van der Waals surface area contributed by atoms with Gasteiger partial charge in [0.2, 0.25) is 0 Å². The minimum absolute atomic E-state index is 0.0754. The van der Waals surface area contributed by atoms with Gasteiger partial charge >= 0.3 is 0 Å². The van der Waals surface area contributed by atoms with Crippen LogP contribution in [0.25, 0.3) is 0 Å². The SMILES string of the molecule is CCCCCC(C)CCCCCC(C)CC(O)CC. The Balaban J connectivity index is 3.34. The van der Waals surface area contributed by atoms with Crippen molar-refractivity contribution in [3.63, 3.8) is 0 Å². The predicted molar refractivity (Wildman–Crippen MR) is 86.5 cm³/mol. The first kappa shape index (κ1) is 19.0. The van der Waals surface area contributed by atoms with Gasteiger partial charge in [0.1, 0.15) is 0 Å². The van der Waals surface area contributed by atoms with E-state index >= 15 is 0 Å². The molecule has 3 atom stereocenters. The van der Waals surface area contributed by atoms with Crippen LogP contribution in [0.2, 0.25) is 0 Å². The van der Waals surface area contributed by atoms with Crippen molar-refractivity contribution >= 4 is 0 Å². The highest BCUT2D eigenvalue weighted by atomic mass is 16.3. The Labute approximate surface area is 122 Å². The van der Waals surface area contributed by atoms with Crippen molar-refractivity contribution in [2.24, 2.45) is 11.8 Å². The van der Waals surface area contributed by atoms with Gasteiger partial charge in [0, 0.05) is 0 Å². The summed E-state index contributed by atoms with van der Waals surface area (Å²) in [5, 5.41) is 9.61. The second kappa shape index (κ2) is 13.0. The third-order valence-electron chi connectivity index (χ3n) is 4.34. The summed E-state index contributed by atoms with van der Waals surface area (Å²) in [4.78, 5) is 0. The normalized spacial score (nSPS) is 16.3. The lowest BCUT2D eigenvalue weighted by molar-refractivity contribution is 0.138. The van der Waals surface area contributed by atoms with Gasteiger partial charge in [-0.15, -0.1) is 0 Å². The third kappa shape index (κ3) is 12.7. The van der Waals surface area contributed by atoms with Crippen molar-refractivity contribution in [1.82, 2.24) is 0 Å². The number of aliphatic hydroxyl groups excluding tert-OH is 1. The molecule has 0 saturated heterocycles. The fraction of sp³-hybridized carbons (Fsp3) is 1.00. The summed E-state index contributed by atoms with van der Waals surface area (Å²) in [5.74, 6) is 1.61. The average Bonchev–Trinajstić information content (AvgIpc) is 2.38. The Kier molecular flexibility index (Phi) is 12.9. The van der Waals surface area contributed by atoms with Crippen molar-refractivity contribution in [3.05, 3.63) is 0 Å². The van der Waals surface area contributed by atoms with E-state index in [1.807, 2.05) is 0 Å². The van der Waals surface area contributed by atoms with Crippen LogP contribution in [0.15, 0.2) is 0 Å². The lowest BCUT2D eigenvalue weighted by Crippen LogP contribution is -2.10. The van der Waals surface area contributed by atoms with Gasteiger partial charge in [0.15, 0.2) is 0 Å². The van der Waals surface area contributed by atoms with Crippen LogP contribution < -0.4 is 0 Å². The highest BCUT2D eigenvalue weighted by Crippen LogP contribution is 2.20. The first-order valence-corrected chi connectivity index (χ1v) is 8.78. The van der Waals surface area contributed by atoms with Crippen molar-refractivity contribution in [2.45, 2.75) is 104 Å². The first-order chi connectivity index (χ1) is 9.10. The van der Waals surface area contributed by atoms with Gasteiger partial charge in [-0.05, 0) is 24.7 Å². The smallest absolute Gasteiger partial charge is 0.0540 e. The summed E-state index contributed by atoms with van der Waals surface area (Å²) in [6.07, 6.45) is 14.2. The molecular formula is C18H38O. The van der Waals surface area contributed by atoms with E-state index in [4.69, 9.17) is 0 Å². The van der Waals surface area contributed by atoms with Crippen LogP contribution in [0.1, 0.15) is 98.3 Å². The van der Waals surface area contributed by atoms with Gasteiger partial charge in [-0.2, -0.15) is 0 Å². The van der Waals surface area contributed by atoms with Gasteiger partial charge in [-0.1, -0.05) is 85.5 Å². The van der Waals surface area contributed by atoms with E-state index < -0.39 is 0 Å². The van der Waals surface area contributed by atoms with Gasteiger partial charge in [0.05, 0.1) is 6.10 Å². The monoisotopic (exact) mass is 270 g/mol. The Bertz CT molecular complexity index is 179. The van der Waals surface area contributed by atoms with Gasteiger partial charge in [-0.25, -0.2) is 0 Å². The molecule has 19 heavy (non-hydrogen) atoms. The van der Waals surface area contributed by atoms with Crippen LogP contribution in [0, 0.1) is 11.8 Å². The van der Waals surface area contributed by atoms with E-state index in [9.17, 15) is 5.11 Å². The van der Waals surface area contributed by atoms with Crippen molar-refractivity contribution < 1.29 is 5.11 Å². The van der Waals surface area contributed by atoms with Crippen LogP contribution in [0.5, 0.6) is 0 Å². The van der Waals surface area contributed by atoms with Crippen molar-refractivity contribution in [2.75, 3.05) is 0 Å². The molecule has 0 saturated carbocycles. The Morgan fingerprint density at radius 1 is 0.737 bits per heavy atom. The molecule has 0 spiro atoms. The van der Waals surface area contributed by atoms with Crippen LogP contribution >= 0.6 is 0 Å². The largest absolute Gasteiger partial charge is 0.393 e. The molecule has 0 heterocycles. The lowest BCUT2D eigenvalue weighted by atomic mass is 9.93. The summed E-state index contributed by atoms with van der Waals surface area (Å²) >= 11 is 0. The zero-order valence-corrected chi connectivity index (χ0v) is 14.0. The topological polar surface area (TPSA) is 20.2 Å². The fourth-order valence-corrected chi connectivity index (χ4v) is 2.80. The molecule has 0 radical (unpaired) electrons. The van der Waals surface area contributed by atoms with Crippen LogP contribution in [0.3, 0.4) is 0 Å². The second-order valence-corrected chi connectivity index (χ2v) is 6.64. The van der Waals surface area contributed by atoms with Crippen molar-refractivity contribution in [3.8, 4) is 0 Å². The van der Waals surface area contributed by atoms with E-state index in [-0.39, 0.29) is 6.10 Å². The summed E-state index contributed by atoms with van der Waals surface area (Å²) in [5.41, 5.74) is 0. The van der Waals surface area contributed by atoms with E-state index in [1.165, 1.54) is 57.8 Å². The maximum atomic E-state index is 9.61. The lowest BCUT2D eigenvalue weighted by Gasteiger charge is -2.15. The van der Waals surface area contributed by atoms with Crippen LogP contribution in [-0.2, 0) is 0 Å². The predicted octanol–water partition coefficient (Wildman–Crippen LogP) is 5.95. The number of rotatable bonds is 13. The summed E-state index contributed by atoms with van der Waals surface area (Å²) in [7, 11) is 0. The molecule has 1 nitrogen and oxygen atoms in total. The average molecular weight is 271 g/mol. The molecule has 0 aromatic heterocycles. The van der Waals surface area contributed by atoms with E-state index in [0.717, 1.165) is 18.8 Å². The maximum Gasteiger partial charge on any atom is 0.0540 e. The van der Waals surface area contributed by atoms with Crippen LogP contribution in [0.4, 0.5) is 0 Å². The number of aliphatic hydroxyl groups is 1. The third-order valence-corrected chi connectivity index (χ3v) is 4.34. The molecular weight excluding hydrogens is 232 g/mol. The molecule has 3 unspecified atom stereocenters. The zero-order chi connectivity index (χ0) is 14.5. The fourth-order valence-electron chi connectivity index (χ4n) is 2.80. The molecule has 0 fully saturated rings. The molecule has 0 amide bonds. The standard InChI is InChI=1S/C18H38O/c1-5-7-9-12-16(3)13-10-8-11-14-17(4)15-18(19)6-2/h16-19H,5-15H2,1-4H3. The Morgan fingerprint density at radius 3 is 1.79 bits per heavy atom. The molecule has 0 aromatic rings. The number of hydrogen-bond donors (Lipinski definition) is 1. The summed E-state index contributed by atoms with van der Waals surface area (Å²) < 4.78 is 0. The molecule has 0 aliphatic rings. The van der Waals surface area contributed by atoms with Gasteiger partial charge < -0.3 is 5.11 Å². The summed E-state index contributed by atoms with van der Waals surface area (Å²) in [6.45, 7) is 9.04. The summed E-state index contributed by atoms with van der Waals surface area (Å²) in [6, 6.07) is 0. The second-order valence-electron chi connectivity index (χ2n) is 6.64. The van der Waals surface area contributed by atoms with Crippen molar-refractivity contribution in [1.29, 1.82) is 0 Å². The van der Waals surface area contributed by atoms with Gasteiger partial charge in [-0.3, -0.25) is 0 Å². The molecule has 0 aliphatic carbocycles. The molecule has 0 aromatic carbocycles. The minimum Gasteiger partial charge on any atom is -0.393 e. The Hall–Kier alpha value is -0.0400. The molecule has 0 aliphatic heterocycles. The maximum absolute atomic E-state index is 9.61. The highest BCUT2D eigenvalue weighted by molar-refractivity contribution is 4.61. The Morgan fingerprint density at radius 2 is 1.26 bits per heavy atom. The minimum atomic E-state index is -0.0754. The van der Waals surface area contributed by atoms with E-state index in [0.29, 0.717) is 5.92 Å². The van der Waals surface area contributed by atoms with E-state index in [2.05, 4.69) is 27.7 Å². The highest BCUT2D eigenvalue weighted by Gasteiger charge is 2.08. The van der Waals surface area contributed by atoms with E-state index in [1.54, 1.807) is 0 Å². The quantitative estimate of drug-likeness (QED) is 0.410. The molecule has 1 N–H and O–H groups in total. The zero-order valence-electron chi connectivity index (χ0n) is 14.0. The number of hydrogen-bond acceptors (Lipinski definition) is 1. The van der Waals surface area contributed by atoms with Crippen LogP contribution in [-0.4, -0.2) is 11.2 Å². The number of unbranched alkanes of at least 4 members (excludes halogenated alkanes) is 4. The molecule has 116 valence electrons. The van der Waals surface area contributed by atoms with Gasteiger partial charge in [0.25, 0.3) is 0 Å². The molecule has 1 heteroatoms. The molecule has 0 bridgehead atoms. The molecule has 0 rings (SSSR count). The first-order valence-electron chi connectivity index (χ1n) is 8.78.